The molecule has 1 fully saturated rings. The molecule has 1 aliphatic heterocycles. The molecule has 300 valence electrons. The van der Waals surface area contributed by atoms with Crippen LogP contribution in [-0.4, -0.2) is 69.4 Å². The maximum absolute atomic E-state index is 15.5. The highest BCUT2D eigenvalue weighted by Gasteiger charge is 2.38. The van der Waals surface area contributed by atoms with Gasteiger partial charge in [-0.2, -0.15) is 4.31 Å². The minimum atomic E-state index is -4.94. The van der Waals surface area contributed by atoms with E-state index in [9.17, 15) is 35.6 Å². The van der Waals surface area contributed by atoms with E-state index in [0.717, 1.165) is 31.4 Å². The first-order valence-electron chi connectivity index (χ1n) is 17.6. The molecule has 1 heterocycles. The van der Waals surface area contributed by atoms with E-state index in [2.05, 4.69) is 20.7 Å². The number of amides is 2. The molecule has 56 heavy (non-hydrogen) atoms. The topological polar surface area (TPSA) is 126 Å². The van der Waals surface area contributed by atoms with E-state index in [1.165, 1.54) is 34.6 Å². The number of alkyl carbamates (subject to hydrolysis) is 1. The average molecular weight is 823 g/mol. The van der Waals surface area contributed by atoms with E-state index < -0.39 is 69.8 Å². The molecule has 4 aromatic carbocycles. The Morgan fingerprint density at radius 2 is 1.64 bits per heavy atom. The fraction of sp³-hybridized carbons (Fsp3) is 0.333. The average Bonchev–Trinajstić information content (AvgIpc) is 3.14. The number of carbonyl (C=O) groups excluding carboxylic acids is 2. The summed E-state index contributed by atoms with van der Waals surface area (Å²) >= 11 is 6.14. The van der Waals surface area contributed by atoms with Crippen LogP contribution in [0.5, 0.6) is 5.75 Å². The van der Waals surface area contributed by atoms with Crippen LogP contribution >= 0.6 is 11.6 Å². The highest BCUT2D eigenvalue weighted by Crippen LogP contribution is 2.31. The van der Waals surface area contributed by atoms with Crippen LogP contribution in [0.2, 0.25) is 5.02 Å². The third-order valence-electron chi connectivity index (χ3n) is 9.40. The summed E-state index contributed by atoms with van der Waals surface area (Å²) < 4.78 is 105. The summed E-state index contributed by atoms with van der Waals surface area (Å²) in [6.07, 6.45) is -5.05. The monoisotopic (exact) mass is 822 g/mol. The van der Waals surface area contributed by atoms with Crippen molar-refractivity contribution in [1.82, 2.24) is 14.9 Å². The molecule has 5 rings (SSSR count). The van der Waals surface area contributed by atoms with Crippen molar-refractivity contribution in [3.8, 4) is 5.75 Å². The number of rotatable bonds is 14. The lowest BCUT2D eigenvalue weighted by atomic mass is 9.85. The van der Waals surface area contributed by atoms with Gasteiger partial charge in [0.05, 0.1) is 12.0 Å². The molecule has 2 amide bonds. The first-order valence-corrected chi connectivity index (χ1v) is 19.4. The Hall–Kier alpha value is -4.77. The molecule has 3 N–H and O–H groups in total. The molecule has 1 saturated heterocycles. The van der Waals surface area contributed by atoms with Crippen molar-refractivity contribution in [3.05, 3.63) is 124 Å². The van der Waals surface area contributed by atoms with Crippen LogP contribution in [0.4, 0.5) is 32.4 Å². The van der Waals surface area contributed by atoms with Gasteiger partial charge in [-0.25, -0.2) is 22.0 Å². The normalized spacial score (nSPS) is 17.4. The number of ether oxygens (including phenoxy) is 2. The van der Waals surface area contributed by atoms with Gasteiger partial charge in [0.15, 0.2) is 0 Å². The Kier molecular flexibility index (Phi) is 14.0. The second-order valence-corrected chi connectivity index (χ2v) is 15.5. The Bertz CT molecular complexity index is 2070. The van der Waals surface area contributed by atoms with Gasteiger partial charge in [-0.15, -0.1) is 13.2 Å². The van der Waals surface area contributed by atoms with Crippen molar-refractivity contribution < 1.29 is 49.4 Å². The molecule has 0 spiro atoms. The molecule has 0 saturated carbocycles. The summed E-state index contributed by atoms with van der Waals surface area (Å²) in [5, 5.41) is 9.01. The fourth-order valence-corrected chi connectivity index (χ4v) is 8.77. The smallest absolute Gasteiger partial charge is 0.453 e. The second-order valence-electron chi connectivity index (χ2n) is 13.3. The van der Waals surface area contributed by atoms with Gasteiger partial charge in [0, 0.05) is 47.4 Å². The summed E-state index contributed by atoms with van der Waals surface area (Å²) in [7, 11) is -3.03. The number of halogens is 6. The number of nitrogens with one attached hydrogen (secondary N) is 3. The molecular formula is C39H40ClF5N4O6S. The third-order valence-corrected chi connectivity index (χ3v) is 11.7. The van der Waals surface area contributed by atoms with E-state index in [4.69, 9.17) is 16.3 Å². The van der Waals surface area contributed by atoms with Crippen molar-refractivity contribution in [2.45, 2.75) is 67.9 Å². The molecule has 0 aromatic heterocycles. The highest BCUT2D eigenvalue weighted by molar-refractivity contribution is 7.89. The fourth-order valence-electron chi connectivity index (χ4n) is 6.80. The third kappa shape index (κ3) is 11.0. The molecule has 10 nitrogen and oxygen atoms in total. The maximum atomic E-state index is 15.5. The van der Waals surface area contributed by atoms with Crippen LogP contribution in [0, 0.1) is 11.6 Å². The Morgan fingerprint density at radius 1 is 0.964 bits per heavy atom. The van der Waals surface area contributed by atoms with Crippen LogP contribution in [0.3, 0.4) is 0 Å². The van der Waals surface area contributed by atoms with Crippen LogP contribution in [-0.2, 0) is 32.4 Å². The number of piperazine rings is 1. The van der Waals surface area contributed by atoms with Crippen molar-refractivity contribution >= 4 is 39.3 Å². The molecular weight excluding hydrogens is 783 g/mol. The number of sulfonamides is 1. The van der Waals surface area contributed by atoms with Crippen LogP contribution in [0.25, 0.3) is 0 Å². The zero-order valence-corrected chi connectivity index (χ0v) is 31.9. The number of nitrogens with zero attached hydrogens (tertiary/aromatic N) is 1. The first-order chi connectivity index (χ1) is 26.5. The summed E-state index contributed by atoms with van der Waals surface area (Å²) in [5.74, 6) is -3.06. The predicted molar refractivity (Wildman–Crippen MR) is 200 cm³/mol. The van der Waals surface area contributed by atoms with Crippen LogP contribution in [0.1, 0.15) is 42.4 Å². The van der Waals surface area contributed by atoms with E-state index in [1.54, 1.807) is 43.3 Å². The van der Waals surface area contributed by atoms with E-state index in [0.29, 0.717) is 22.7 Å². The van der Waals surface area contributed by atoms with Crippen molar-refractivity contribution in [2.75, 3.05) is 25.5 Å². The van der Waals surface area contributed by atoms with Gasteiger partial charge in [-0.05, 0) is 104 Å². The van der Waals surface area contributed by atoms with E-state index in [1.807, 2.05) is 0 Å². The molecule has 0 aliphatic carbocycles. The minimum absolute atomic E-state index is 0.0792. The number of alkyl halides is 3. The van der Waals surface area contributed by atoms with Crippen LogP contribution < -0.4 is 20.7 Å². The van der Waals surface area contributed by atoms with Crippen molar-refractivity contribution in [1.29, 1.82) is 0 Å². The molecule has 0 radical (unpaired) electrons. The highest BCUT2D eigenvalue weighted by atomic mass is 35.5. The number of benzene rings is 4. The van der Waals surface area contributed by atoms with E-state index >= 15 is 4.39 Å². The number of hydrogen-bond acceptors (Lipinski definition) is 7. The lowest BCUT2D eigenvalue weighted by Crippen LogP contribution is -2.58. The Labute approximate surface area is 326 Å². The lowest BCUT2D eigenvalue weighted by molar-refractivity contribution is -0.274. The van der Waals surface area contributed by atoms with Gasteiger partial charge in [-0.1, -0.05) is 41.9 Å². The first kappa shape index (κ1) is 42.4. The molecule has 4 aromatic rings. The van der Waals surface area contributed by atoms with Gasteiger partial charge < -0.3 is 25.4 Å². The zero-order chi connectivity index (χ0) is 40.6. The molecule has 0 unspecified atom stereocenters. The van der Waals surface area contributed by atoms with Crippen LogP contribution in [0.15, 0.2) is 95.9 Å². The largest absolute Gasteiger partial charge is 0.573 e. The van der Waals surface area contributed by atoms with Gasteiger partial charge in [0.2, 0.25) is 15.9 Å². The quantitative estimate of drug-likeness (QED) is 0.112. The van der Waals surface area contributed by atoms with Gasteiger partial charge in [0.1, 0.15) is 23.4 Å². The standard InChI is InChI=1S/C39H40ClF5N4O6S/c1-24-22-46-23-29(49(24)56(52,53)31-19-17-30(18-20-31)55-39(43,44)45)5-3-6-32-34(42)7-4-8-35(32)47-37(50)36(48-38(51)54-2)33(26-11-13-27(40)14-12-26)21-25-9-15-28(41)16-10-25/h4,7-20,24,29,33,36,46H,3,5-6,21-23H2,1-2H3,(H,47,50)(H,48,51)/t24-,29-,33-,36-/m0/s1. The number of hydrogen-bond donors (Lipinski definition) is 3. The minimum Gasteiger partial charge on any atom is -0.453 e. The van der Waals surface area contributed by atoms with Gasteiger partial charge >= 0.3 is 12.5 Å². The molecule has 1 aliphatic rings. The summed E-state index contributed by atoms with van der Waals surface area (Å²) in [4.78, 5) is 26.6. The molecule has 0 bridgehead atoms. The number of anilines is 1. The van der Waals surface area contributed by atoms with Gasteiger partial charge in [0.25, 0.3) is 0 Å². The second kappa shape index (κ2) is 18.4. The summed E-state index contributed by atoms with van der Waals surface area (Å²) in [5.41, 5.74) is 1.56. The molecule has 4 atom stereocenters. The Balaban J connectivity index is 1.36. The Morgan fingerprint density at radius 3 is 2.29 bits per heavy atom. The summed E-state index contributed by atoms with van der Waals surface area (Å²) in [6, 6.07) is 18.1. The number of carbonyl (C=O) groups is 2. The molecule has 17 heteroatoms. The number of methoxy groups -OCH3 is 1. The van der Waals surface area contributed by atoms with E-state index in [-0.39, 0.29) is 48.4 Å². The van der Waals surface area contributed by atoms with Crippen molar-refractivity contribution in [3.63, 3.8) is 0 Å². The SMILES string of the molecule is COC(=O)N[C@H](C(=O)Nc1cccc(F)c1CCC[C@H]1CNC[C@H](C)N1S(=O)(=O)c1ccc(OC(F)(F)F)cc1)[C@@H](Cc1ccc(F)cc1)c1ccc(Cl)cc1. The van der Waals surface area contributed by atoms with Gasteiger partial charge in [-0.3, -0.25) is 4.79 Å². The lowest BCUT2D eigenvalue weighted by Gasteiger charge is -2.40. The van der Waals surface area contributed by atoms with Crippen molar-refractivity contribution in [2.24, 2.45) is 0 Å². The zero-order valence-electron chi connectivity index (χ0n) is 30.3. The summed E-state index contributed by atoms with van der Waals surface area (Å²) in [6.45, 7) is 2.29. The maximum Gasteiger partial charge on any atom is 0.573 e. The predicted octanol–water partition coefficient (Wildman–Crippen LogP) is 7.58.